The van der Waals surface area contributed by atoms with Gasteiger partial charge in [-0.05, 0) is 74.1 Å². The second kappa shape index (κ2) is 12.1. The normalized spacial score (nSPS) is 27.7. The molecule has 1 aromatic carbocycles. The van der Waals surface area contributed by atoms with Crippen LogP contribution < -0.4 is 5.73 Å². The molecule has 2 N–H and O–H groups in total. The number of hydrogen-bond donors (Lipinski definition) is 1. The Hall–Kier alpha value is -1.94. The molecule has 38 heavy (non-hydrogen) atoms. The van der Waals surface area contributed by atoms with E-state index in [1.54, 1.807) is 23.8 Å². The number of primary amides is 1. The number of rotatable bonds is 9. The Bertz CT molecular complexity index is 1040. The molecule has 0 aromatic heterocycles. The van der Waals surface area contributed by atoms with Crippen molar-refractivity contribution in [3.63, 3.8) is 0 Å². The van der Waals surface area contributed by atoms with Crippen LogP contribution in [0, 0.1) is 5.92 Å². The first-order valence-electron chi connectivity index (χ1n) is 14.1. The van der Waals surface area contributed by atoms with Gasteiger partial charge in [-0.25, -0.2) is 0 Å². The molecule has 4 aliphatic rings. The molecule has 5 rings (SSSR count). The monoisotopic (exact) mass is 543 g/mol. The smallest absolute Gasteiger partial charge is 0.249 e. The standard InChI is InChI=1S/C29H41N3O5S/c1-36-14-13-31-11-9-18(10-12-31)20-7-8-21(28(30)34)22(15-20)25(19-5-3-4-6-19)29(35)32-16-24(38-2)27-26(32)23(33)17-37-27/h7-8,15,18-19,24-27H,3-6,9-14,16-17H2,1-2H3,(H2,30,34)/t24-,25-,26+,27+/m0/s1. The number of nitrogens with zero attached hydrogens (tertiary/aromatic N) is 2. The van der Waals surface area contributed by atoms with E-state index in [0.29, 0.717) is 18.0 Å². The van der Waals surface area contributed by atoms with Crippen LogP contribution in [0.4, 0.5) is 0 Å². The predicted molar refractivity (Wildman–Crippen MR) is 148 cm³/mol. The Morgan fingerprint density at radius 2 is 1.92 bits per heavy atom. The highest BCUT2D eigenvalue weighted by Gasteiger charge is 2.53. The van der Waals surface area contributed by atoms with Crippen LogP contribution in [0.25, 0.3) is 0 Å². The lowest BCUT2D eigenvalue weighted by Gasteiger charge is -2.34. The van der Waals surface area contributed by atoms with Crippen molar-refractivity contribution in [2.75, 3.05) is 52.8 Å². The zero-order chi connectivity index (χ0) is 26.8. The third kappa shape index (κ3) is 5.40. The number of methoxy groups -OCH3 is 1. The lowest BCUT2D eigenvalue weighted by atomic mass is 9.78. The Balaban J connectivity index is 1.46. The molecule has 0 bridgehead atoms. The van der Waals surface area contributed by atoms with E-state index in [-0.39, 0.29) is 35.6 Å². The van der Waals surface area contributed by atoms with Crippen molar-refractivity contribution in [2.24, 2.45) is 11.7 Å². The minimum Gasteiger partial charge on any atom is -0.383 e. The van der Waals surface area contributed by atoms with E-state index < -0.39 is 17.9 Å². The van der Waals surface area contributed by atoms with Crippen molar-refractivity contribution < 1.29 is 23.9 Å². The van der Waals surface area contributed by atoms with E-state index in [4.69, 9.17) is 15.2 Å². The van der Waals surface area contributed by atoms with Gasteiger partial charge in [0, 0.05) is 25.8 Å². The number of amides is 2. The highest BCUT2D eigenvalue weighted by Crippen LogP contribution is 2.44. The summed E-state index contributed by atoms with van der Waals surface area (Å²) in [6.07, 6.45) is 7.82. The number of benzene rings is 1. The molecule has 8 nitrogen and oxygen atoms in total. The van der Waals surface area contributed by atoms with Gasteiger partial charge in [-0.15, -0.1) is 0 Å². The molecule has 0 radical (unpaired) electrons. The summed E-state index contributed by atoms with van der Waals surface area (Å²) in [4.78, 5) is 44.1. The van der Waals surface area contributed by atoms with E-state index >= 15 is 0 Å². The van der Waals surface area contributed by atoms with Gasteiger partial charge in [-0.1, -0.05) is 25.0 Å². The zero-order valence-electron chi connectivity index (χ0n) is 22.6. The van der Waals surface area contributed by atoms with Crippen LogP contribution in [-0.4, -0.2) is 97.6 Å². The van der Waals surface area contributed by atoms with Gasteiger partial charge >= 0.3 is 0 Å². The van der Waals surface area contributed by atoms with Gasteiger partial charge in [0.1, 0.15) is 12.6 Å². The summed E-state index contributed by atoms with van der Waals surface area (Å²) in [5.74, 6) is -0.535. The fourth-order valence-corrected chi connectivity index (χ4v) is 7.94. The van der Waals surface area contributed by atoms with E-state index in [0.717, 1.165) is 70.3 Å². The number of hydrogen-bond acceptors (Lipinski definition) is 7. The van der Waals surface area contributed by atoms with Gasteiger partial charge in [0.15, 0.2) is 5.78 Å². The topological polar surface area (TPSA) is 102 Å². The molecule has 4 atom stereocenters. The number of Topliss-reactive ketones (excluding diaryl/α,β-unsaturated/α-hetero) is 1. The largest absolute Gasteiger partial charge is 0.383 e. The Morgan fingerprint density at radius 3 is 2.58 bits per heavy atom. The summed E-state index contributed by atoms with van der Waals surface area (Å²) in [5, 5.41) is 0.0740. The Kier molecular flexibility index (Phi) is 8.77. The number of nitrogens with two attached hydrogens (primary N) is 1. The molecule has 4 fully saturated rings. The Labute approximate surface area is 229 Å². The second-order valence-corrected chi connectivity index (χ2v) is 12.4. The molecule has 0 unspecified atom stereocenters. The van der Waals surface area contributed by atoms with Gasteiger partial charge in [0.25, 0.3) is 0 Å². The van der Waals surface area contributed by atoms with Crippen molar-refractivity contribution >= 4 is 29.4 Å². The highest BCUT2D eigenvalue weighted by molar-refractivity contribution is 7.99. The summed E-state index contributed by atoms with van der Waals surface area (Å²) >= 11 is 1.65. The number of thioether (sulfide) groups is 1. The molecular weight excluding hydrogens is 502 g/mol. The van der Waals surface area contributed by atoms with Crippen molar-refractivity contribution in [1.29, 1.82) is 0 Å². The summed E-state index contributed by atoms with van der Waals surface area (Å²) in [6.45, 7) is 4.23. The van der Waals surface area contributed by atoms with E-state index in [9.17, 15) is 14.4 Å². The lowest BCUT2D eigenvalue weighted by Crippen LogP contribution is -2.45. The van der Waals surface area contributed by atoms with Crippen molar-refractivity contribution in [3.8, 4) is 0 Å². The average molecular weight is 544 g/mol. The summed E-state index contributed by atoms with van der Waals surface area (Å²) in [5.41, 5.74) is 8.25. The first-order chi connectivity index (χ1) is 18.4. The maximum atomic E-state index is 14.4. The highest BCUT2D eigenvalue weighted by atomic mass is 32.2. The van der Waals surface area contributed by atoms with Crippen LogP contribution in [0.1, 0.15) is 71.8 Å². The molecule has 1 saturated carbocycles. The van der Waals surface area contributed by atoms with Gasteiger partial charge in [0.2, 0.25) is 11.8 Å². The maximum absolute atomic E-state index is 14.4. The van der Waals surface area contributed by atoms with E-state index in [1.807, 2.05) is 18.4 Å². The summed E-state index contributed by atoms with van der Waals surface area (Å²) in [7, 11) is 1.73. The van der Waals surface area contributed by atoms with E-state index in [2.05, 4.69) is 11.0 Å². The molecule has 3 aliphatic heterocycles. The van der Waals surface area contributed by atoms with Gasteiger partial charge in [-0.2, -0.15) is 11.8 Å². The Morgan fingerprint density at radius 1 is 1.18 bits per heavy atom. The zero-order valence-corrected chi connectivity index (χ0v) is 23.4. The van der Waals surface area contributed by atoms with Crippen molar-refractivity contribution in [2.45, 2.75) is 67.8 Å². The third-order valence-corrected chi connectivity index (χ3v) is 10.2. The number of carbonyl (C=O) groups is 3. The van der Waals surface area contributed by atoms with Crippen LogP contribution in [0.2, 0.25) is 0 Å². The van der Waals surface area contributed by atoms with Gasteiger partial charge in [-0.3, -0.25) is 14.4 Å². The average Bonchev–Trinajstić information content (AvgIpc) is 3.67. The van der Waals surface area contributed by atoms with Crippen LogP contribution in [0.3, 0.4) is 0 Å². The predicted octanol–water partition coefficient (Wildman–Crippen LogP) is 2.80. The van der Waals surface area contributed by atoms with E-state index in [1.165, 1.54) is 5.56 Å². The first kappa shape index (κ1) is 27.6. The van der Waals surface area contributed by atoms with Crippen molar-refractivity contribution in [1.82, 2.24) is 9.80 Å². The lowest BCUT2D eigenvalue weighted by molar-refractivity contribution is -0.138. The minimum atomic E-state index is -0.527. The fraction of sp³-hybridized carbons (Fsp3) is 0.690. The molecule has 0 spiro atoms. The first-order valence-corrected chi connectivity index (χ1v) is 15.3. The van der Waals surface area contributed by atoms with Gasteiger partial charge in [0.05, 0.1) is 23.9 Å². The quantitative estimate of drug-likeness (QED) is 0.511. The van der Waals surface area contributed by atoms with Crippen LogP contribution >= 0.6 is 11.8 Å². The minimum absolute atomic E-state index is 0.0193. The SMILES string of the molecule is COCCN1CCC(c2ccc(C(N)=O)c([C@@H](C(=O)N3C[C@H](SC)[C@H]4OCC(=O)[C@H]43)C3CCCC3)c2)CC1. The molecule has 3 saturated heterocycles. The molecule has 1 aliphatic carbocycles. The number of carbonyl (C=O) groups excluding carboxylic acids is 3. The molecule has 9 heteroatoms. The molecule has 2 amide bonds. The number of likely N-dealkylation sites (tertiary alicyclic amines) is 2. The molecule has 208 valence electrons. The number of fused-ring (bicyclic) bond motifs is 1. The maximum Gasteiger partial charge on any atom is 0.249 e. The fourth-order valence-electron chi connectivity index (χ4n) is 7.13. The van der Waals surface area contributed by atoms with Crippen LogP contribution in [0.5, 0.6) is 0 Å². The molecule has 1 aromatic rings. The summed E-state index contributed by atoms with van der Waals surface area (Å²) in [6, 6.07) is 5.43. The second-order valence-electron chi connectivity index (χ2n) is 11.3. The van der Waals surface area contributed by atoms with Gasteiger partial charge < -0.3 is 25.0 Å². The summed E-state index contributed by atoms with van der Waals surface area (Å²) < 4.78 is 11.1. The number of ether oxygens (including phenoxy) is 2. The molecule has 3 heterocycles. The number of piperidine rings is 1. The number of ketones is 1. The van der Waals surface area contributed by atoms with Crippen molar-refractivity contribution in [3.05, 3.63) is 34.9 Å². The van der Waals surface area contributed by atoms with Crippen LogP contribution in [0.15, 0.2) is 18.2 Å². The third-order valence-electron chi connectivity index (χ3n) is 9.21. The molecular formula is C29H41N3O5S. The van der Waals surface area contributed by atoms with Crippen LogP contribution in [-0.2, 0) is 19.1 Å².